The average Bonchev–Trinajstić information content (AvgIpc) is 2.56. The minimum absolute atomic E-state index is 0.113. The van der Waals surface area contributed by atoms with Crippen LogP contribution in [0.2, 0.25) is 0 Å². The van der Waals surface area contributed by atoms with Gasteiger partial charge in [0.25, 0.3) is 5.56 Å². The molecule has 1 heterocycles. The van der Waals surface area contributed by atoms with E-state index >= 15 is 0 Å². The number of hydrogen-bond donors (Lipinski definition) is 2. The standard InChI is InChI=1S/C17H15N3O3/c1-23-15-9-5-4-8-13(15)19-16(21)10-14-17(22)20-12-7-3-2-6-11(12)18-14/h2-9H,10H2,1H3,(H,19,21)(H,20,22). The lowest BCUT2D eigenvalue weighted by molar-refractivity contribution is -0.115. The van der Waals surface area contributed by atoms with Crippen molar-refractivity contribution in [1.82, 2.24) is 9.97 Å². The molecular weight excluding hydrogens is 294 g/mol. The molecule has 23 heavy (non-hydrogen) atoms. The number of nitrogens with zero attached hydrogens (tertiary/aromatic N) is 1. The van der Waals surface area contributed by atoms with Gasteiger partial charge < -0.3 is 15.0 Å². The first-order valence-electron chi connectivity index (χ1n) is 7.08. The lowest BCUT2D eigenvalue weighted by Crippen LogP contribution is -2.22. The molecule has 1 aromatic heterocycles. The van der Waals surface area contributed by atoms with Gasteiger partial charge in [-0.05, 0) is 24.3 Å². The number of fused-ring (bicyclic) bond motifs is 1. The summed E-state index contributed by atoms with van der Waals surface area (Å²) in [5.41, 5.74) is 1.66. The first-order chi connectivity index (χ1) is 11.2. The molecule has 1 amide bonds. The van der Waals surface area contributed by atoms with Crippen molar-refractivity contribution in [2.45, 2.75) is 6.42 Å². The van der Waals surface area contributed by atoms with E-state index in [-0.39, 0.29) is 23.6 Å². The van der Waals surface area contributed by atoms with Crippen molar-refractivity contribution in [3.05, 3.63) is 64.6 Å². The molecule has 0 fully saturated rings. The zero-order valence-corrected chi connectivity index (χ0v) is 12.5. The Balaban J connectivity index is 1.83. The minimum Gasteiger partial charge on any atom is -0.495 e. The number of para-hydroxylation sites is 4. The molecule has 3 aromatic rings. The molecule has 0 saturated carbocycles. The van der Waals surface area contributed by atoms with Crippen LogP contribution in [0, 0.1) is 0 Å². The van der Waals surface area contributed by atoms with Gasteiger partial charge in [0, 0.05) is 0 Å². The van der Waals surface area contributed by atoms with Crippen LogP contribution in [-0.4, -0.2) is 23.0 Å². The number of ether oxygens (including phenoxy) is 1. The van der Waals surface area contributed by atoms with Gasteiger partial charge in [-0.15, -0.1) is 0 Å². The van der Waals surface area contributed by atoms with Crippen LogP contribution in [0.25, 0.3) is 11.0 Å². The number of anilines is 1. The number of benzene rings is 2. The van der Waals surface area contributed by atoms with Gasteiger partial charge in [0.1, 0.15) is 11.4 Å². The summed E-state index contributed by atoms with van der Waals surface area (Å²) in [6.07, 6.45) is -0.113. The lowest BCUT2D eigenvalue weighted by Gasteiger charge is -2.09. The topological polar surface area (TPSA) is 84.1 Å². The van der Waals surface area contributed by atoms with Crippen LogP contribution in [0.1, 0.15) is 5.69 Å². The van der Waals surface area contributed by atoms with Gasteiger partial charge in [-0.1, -0.05) is 24.3 Å². The Morgan fingerprint density at radius 3 is 2.74 bits per heavy atom. The van der Waals surface area contributed by atoms with Gasteiger partial charge in [-0.3, -0.25) is 9.59 Å². The molecule has 116 valence electrons. The maximum absolute atomic E-state index is 12.2. The second-order valence-corrected chi connectivity index (χ2v) is 4.96. The highest BCUT2D eigenvalue weighted by molar-refractivity contribution is 5.93. The van der Waals surface area contributed by atoms with E-state index < -0.39 is 0 Å². The van der Waals surface area contributed by atoms with Crippen LogP contribution in [0.5, 0.6) is 5.75 Å². The van der Waals surface area contributed by atoms with Crippen LogP contribution >= 0.6 is 0 Å². The van der Waals surface area contributed by atoms with Crippen molar-refractivity contribution < 1.29 is 9.53 Å². The fourth-order valence-electron chi connectivity index (χ4n) is 2.28. The van der Waals surface area contributed by atoms with Crippen molar-refractivity contribution >= 4 is 22.6 Å². The second kappa shape index (κ2) is 6.31. The normalized spacial score (nSPS) is 10.5. The summed E-state index contributed by atoms with van der Waals surface area (Å²) in [6.45, 7) is 0. The maximum atomic E-state index is 12.2. The van der Waals surface area contributed by atoms with Crippen LogP contribution in [-0.2, 0) is 11.2 Å². The predicted octanol–water partition coefficient (Wildman–Crippen LogP) is 2.11. The zero-order valence-electron chi connectivity index (χ0n) is 12.5. The number of aromatic amines is 1. The Labute approximate surface area is 132 Å². The molecule has 0 aliphatic heterocycles. The third-order valence-electron chi connectivity index (χ3n) is 3.38. The highest BCUT2D eigenvalue weighted by atomic mass is 16.5. The molecule has 0 aliphatic carbocycles. The Morgan fingerprint density at radius 2 is 1.91 bits per heavy atom. The minimum atomic E-state index is -0.362. The molecule has 2 N–H and O–H groups in total. The number of carbonyl (C=O) groups excluding carboxylic acids is 1. The number of rotatable bonds is 4. The van der Waals surface area contributed by atoms with Crippen molar-refractivity contribution in [1.29, 1.82) is 0 Å². The summed E-state index contributed by atoms with van der Waals surface area (Å²) < 4.78 is 5.18. The molecule has 0 radical (unpaired) electrons. The Hall–Kier alpha value is -3.15. The summed E-state index contributed by atoms with van der Waals surface area (Å²) >= 11 is 0. The summed E-state index contributed by atoms with van der Waals surface area (Å²) in [7, 11) is 1.53. The molecule has 0 unspecified atom stereocenters. The van der Waals surface area contributed by atoms with Gasteiger partial charge in [0.2, 0.25) is 5.91 Å². The molecule has 0 atom stereocenters. The van der Waals surface area contributed by atoms with E-state index in [1.807, 2.05) is 18.2 Å². The first kappa shape index (κ1) is 14.8. The SMILES string of the molecule is COc1ccccc1NC(=O)Cc1nc2ccccc2[nH]c1=O. The van der Waals surface area contributed by atoms with Gasteiger partial charge >= 0.3 is 0 Å². The number of amides is 1. The van der Waals surface area contributed by atoms with E-state index in [9.17, 15) is 9.59 Å². The van der Waals surface area contributed by atoms with Crippen molar-refractivity contribution in [2.24, 2.45) is 0 Å². The van der Waals surface area contributed by atoms with Crippen molar-refractivity contribution in [3.8, 4) is 5.75 Å². The third kappa shape index (κ3) is 3.21. The maximum Gasteiger partial charge on any atom is 0.270 e. The van der Waals surface area contributed by atoms with Crippen molar-refractivity contribution in [3.63, 3.8) is 0 Å². The zero-order chi connectivity index (χ0) is 16.2. The molecule has 2 aromatic carbocycles. The second-order valence-electron chi connectivity index (χ2n) is 4.96. The largest absolute Gasteiger partial charge is 0.495 e. The fraction of sp³-hybridized carbons (Fsp3) is 0.118. The predicted molar refractivity (Wildman–Crippen MR) is 87.7 cm³/mol. The Kier molecular flexibility index (Phi) is 4.05. The molecule has 0 bridgehead atoms. The number of H-pyrrole nitrogens is 1. The Morgan fingerprint density at radius 1 is 1.17 bits per heavy atom. The van der Waals surface area contributed by atoms with Crippen molar-refractivity contribution in [2.75, 3.05) is 12.4 Å². The first-order valence-corrected chi connectivity index (χ1v) is 7.08. The molecule has 3 rings (SSSR count). The molecule has 6 heteroatoms. The fourth-order valence-corrected chi connectivity index (χ4v) is 2.28. The summed E-state index contributed by atoms with van der Waals surface area (Å²) in [4.78, 5) is 31.2. The van der Waals surface area contributed by atoms with E-state index in [1.165, 1.54) is 7.11 Å². The van der Waals surface area contributed by atoms with Crippen LogP contribution < -0.4 is 15.6 Å². The van der Waals surface area contributed by atoms with Gasteiger partial charge in [0.15, 0.2) is 0 Å². The van der Waals surface area contributed by atoms with E-state index in [4.69, 9.17) is 4.74 Å². The lowest BCUT2D eigenvalue weighted by atomic mass is 10.2. The summed E-state index contributed by atoms with van der Waals surface area (Å²) in [5, 5.41) is 2.73. The summed E-state index contributed by atoms with van der Waals surface area (Å²) in [6, 6.07) is 14.3. The highest BCUT2D eigenvalue weighted by Crippen LogP contribution is 2.23. The number of nitrogens with one attached hydrogen (secondary N) is 2. The average molecular weight is 309 g/mol. The smallest absolute Gasteiger partial charge is 0.270 e. The Bertz CT molecular complexity index is 918. The molecule has 0 saturated heterocycles. The van der Waals surface area contributed by atoms with E-state index in [2.05, 4.69) is 15.3 Å². The monoisotopic (exact) mass is 309 g/mol. The van der Waals surface area contributed by atoms with E-state index in [0.29, 0.717) is 22.5 Å². The van der Waals surface area contributed by atoms with Gasteiger partial charge in [-0.25, -0.2) is 4.98 Å². The van der Waals surface area contributed by atoms with Crippen LogP contribution in [0.3, 0.4) is 0 Å². The molecule has 0 aliphatic rings. The van der Waals surface area contributed by atoms with Gasteiger partial charge in [-0.2, -0.15) is 0 Å². The molecule has 6 nitrogen and oxygen atoms in total. The number of aromatic nitrogens is 2. The highest BCUT2D eigenvalue weighted by Gasteiger charge is 2.12. The molecular formula is C17H15N3O3. The van der Waals surface area contributed by atoms with Gasteiger partial charge in [0.05, 0.1) is 30.3 Å². The number of methoxy groups -OCH3 is 1. The van der Waals surface area contributed by atoms with E-state index in [0.717, 1.165) is 0 Å². The van der Waals surface area contributed by atoms with E-state index in [1.54, 1.807) is 30.3 Å². The van der Waals surface area contributed by atoms with Crippen LogP contribution in [0.15, 0.2) is 53.3 Å². The number of carbonyl (C=O) groups is 1. The quantitative estimate of drug-likeness (QED) is 0.773. The summed E-state index contributed by atoms with van der Waals surface area (Å²) in [5.74, 6) is 0.226. The number of hydrogen-bond acceptors (Lipinski definition) is 4. The molecule has 0 spiro atoms. The van der Waals surface area contributed by atoms with Crippen LogP contribution in [0.4, 0.5) is 5.69 Å². The third-order valence-corrected chi connectivity index (χ3v) is 3.38.